The second-order valence-corrected chi connectivity index (χ2v) is 7.94. The largest absolute Gasteiger partial charge is 0.454 e. The molecule has 7 nitrogen and oxygen atoms in total. The van der Waals surface area contributed by atoms with Crippen LogP contribution in [0.2, 0.25) is 0 Å². The lowest BCUT2D eigenvalue weighted by molar-refractivity contribution is -0.134. The number of carbonyl (C=O) groups is 1. The SMILES string of the molecule is O=C(CN1CCN(Cc2ccc3c(c2)OCO3)CC1)N1N=CCC1c1ccccc1. The summed E-state index contributed by atoms with van der Waals surface area (Å²) in [7, 11) is 0. The minimum atomic E-state index is 0.0194. The first-order valence-electron chi connectivity index (χ1n) is 10.5. The summed E-state index contributed by atoms with van der Waals surface area (Å²) < 4.78 is 10.9. The second-order valence-electron chi connectivity index (χ2n) is 7.94. The number of hydrogen-bond donors (Lipinski definition) is 0. The highest BCUT2D eigenvalue weighted by atomic mass is 16.7. The van der Waals surface area contributed by atoms with E-state index in [1.807, 2.05) is 30.5 Å². The third-order valence-electron chi connectivity index (χ3n) is 5.94. The Morgan fingerprint density at radius 1 is 0.967 bits per heavy atom. The maximum atomic E-state index is 12.9. The van der Waals surface area contributed by atoms with Gasteiger partial charge in [-0.2, -0.15) is 5.10 Å². The van der Waals surface area contributed by atoms with Crippen LogP contribution < -0.4 is 9.47 Å². The van der Waals surface area contributed by atoms with Gasteiger partial charge in [-0.3, -0.25) is 14.6 Å². The summed E-state index contributed by atoms with van der Waals surface area (Å²) in [5, 5.41) is 6.02. The molecule has 3 heterocycles. The van der Waals surface area contributed by atoms with Crippen molar-refractivity contribution in [2.75, 3.05) is 39.5 Å². The van der Waals surface area contributed by atoms with E-state index in [1.165, 1.54) is 5.56 Å². The molecule has 1 atom stereocenters. The molecule has 0 radical (unpaired) electrons. The van der Waals surface area contributed by atoms with E-state index in [0.29, 0.717) is 13.3 Å². The predicted molar refractivity (Wildman–Crippen MR) is 113 cm³/mol. The number of hydrogen-bond acceptors (Lipinski definition) is 6. The fourth-order valence-electron chi connectivity index (χ4n) is 4.27. The molecule has 0 N–H and O–H groups in total. The Labute approximate surface area is 176 Å². The van der Waals surface area contributed by atoms with Gasteiger partial charge in [-0.25, -0.2) is 5.01 Å². The lowest BCUT2D eigenvalue weighted by Crippen LogP contribution is -2.49. The Bertz CT molecular complexity index is 925. The van der Waals surface area contributed by atoms with Crippen LogP contribution in [0, 0.1) is 0 Å². The smallest absolute Gasteiger partial charge is 0.257 e. The monoisotopic (exact) mass is 406 g/mol. The summed E-state index contributed by atoms with van der Waals surface area (Å²) in [5.41, 5.74) is 2.36. The first kappa shape index (κ1) is 19.1. The van der Waals surface area contributed by atoms with Gasteiger partial charge in [-0.05, 0) is 23.3 Å². The molecule has 3 aliphatic heterocycles. The van der Waals surface area contributed by atoms with E-state index in [9.17, 15) is 4.79 Å². The maximum Gasteiger partial charge on any atom is 0.257 e. The van der Waals surface area contributed by atoms with Gasteiger partial charge in [0.15, 0.2) is 11.5 Å². The quantitative estimate of drug-likeness (QED) is 0.764. The number of carbonyl (C=O) groups excluding carboxylic acids is 1. The van der Waals surface area contributed by atoms with E-state index < -0.39 is 0 Å². The number of piperazine rings is 1. The van der Waals surface area contributed by atoms with Gasteiger partial charge in [0.05, 0.1) is 12.6 Å². The van der Waals surface area contributed by atoms with E-state index in [0.717, 1.165) is 56.2 Å². The van der Waals surface area contributed by atoms with Crippen LogP contribution in [-0.2, 0) is 11.3 Å². The number of hydrazone groups is 1. The first-order chi connectivity index (χ1) is 14.8. The van der Waals surface area contributed by atoms with Crippen molar-refractivity contribution in [2.24, 2.45) is 5.10 Å². The zero-order chi connectivity index (χ0) is 20.3. The van der Waals surface area contributed by atoms with Gasteiger partial charge < -0.3 is 9.47 Å². The van der Waals surface area contributed by atoms with E-state index in [2.05, 4.69) is 39.2 Å². The third kappa shape index (κ3) is 4.04. The van der Waals surface area contributed by atoms with Crippen molar-refractivity contribution in [1.29, 1.82) is 0 Å². The molecule has 0 spiro atoms. The normalized spacial score (nSPS) is 21.3. The molecular formula is C23H26N4O3. The van der Waals surface area contributed by atoms with Gasteiger partial charge in [-0.1, -0.05) is 36.4 Å². The van der Waals surface area contributed by atoms with Crippen LogP contribution in [0.3, 0.4) is 0 Å². The van der Waals surface area contributed by atoms with Crippen LogP contribution in [0.15, 0.2) is 53.6 Å². The fraction of sp³-hybridized carbons (Fsp3) is 0.391. The molecule has 0 saturated carbocycles. The van der Waals surface area contributed by atoms with Crippen LogP contribution in [0.1, 0.15) is 23.6 Å². The van der Waals surface area contributed by atoms with Crippen molar-refractivity contribution < 1.29 is 14.3 Å². The average Bonchev–Trinajstić information content (AvgIpc) is 3.45. The number of rotatable bonds is 5. The van der Waals surface area contributed by atoms with Crippen LogP contribution in [0.25, 0.3) is 0 Å². The van der Waals surface area contributed by atoms with Crippen molar-refractivity contribution >= 4 is 12.1 Å². The number of nitrogens with zero attached hydrogens (tertiary/aromatic N) is 4. The van der Waals surface area contributed by atoms with Crippen molar-refractivity contribution in [2.45, 2.75) is 19.0 Å². The highest BCUT2D eigenvalue weighted by Gasteiger charge is 2.30. The molecule has 2 aromatic rings. The summed E-state index contributed by atoms with van der Waals surface area (Å²) in [6, 6.07) is 16.3. The molecule has 1 fully saturated rings. The Morgan fingerprint density at radius 2 is 1.73 bits per heavy atom. The van der Waals surface area contributed by atoms with Crippen molar-refractivity contribution in [3.63, 3.8) is 0 Å². The molecule has 3 aliphatic rings. The Kier molecular flexibility index (Phi) is 5.38. The number of fused-ring (bicyclic) bond motifs is 1. The molecule has 156 valence electrons. The highest BCUT2D eigenvalue weighted by Crippen LogP contribution is 2.33. The van der Waals surface area contributed by atoms with E-state index in [-0.39, 0.29) is 11.9 Å². The first-order valence-corrected chi connectivity index (χ1v) is 10.5. The maximum absolute atomic E-state index is 12.9. The topological polar surface area (TPSA) is 57.6 Å². The minimum Gasteiger partial charge on any atom is -0.454 e. The summed E-state index contributed by atoms with van der Waals surface area (Å²) >= 11 is 0. The van der Waals surface area contributed by atoms with Crippen LogP contribution in [0.5, 0.6) is 11.5 Å². The van der Waals surface area contributed by atoms with Crippen LogP contribution >= 0.6 is 0 Å². The summed E-state index contributed by atoms with van der Waals surface area (Å²) in [6.07, 6.45) is 2.62. The molecular weight excluding hydrogens is 380 g/mol. The molecule has 7 heteroatoms. The lowest BCUT2D eigenvalue weighted by atomic mass is 10.0. The van der Waals surface area contributed by atoms with Crippen LogP contribution in [0.4, 0.5) is 0 Å². The molecule has 2 aromatic carbocycles. The zero-order valence-electron chi connectivity index (χ0n) is 16.9. The van der Waals surface area contributed by atoms with Gasteiger partial charge in [0.2, 0.25) is 6.79 Å². The second kappa shape index (κ2) is 8.45. The molecule has 1 amide bonds. The fourth-order valence-corrected chi connectivity index (χ4v) is 4.27. The van der Waals surface area contributed by atoms with E-state index in [1.54, 1.807) is 5.01 Å². The predicted octanol–water partition coefficient (Wildman–Crippen LogP) is 2.49. The minimum absolute atomic E-state index is 0.0194. The van der Waals surface area contributed by atoms with Crippen LogP contribution in [-0.4, -0.2) is 66.4 Å². The van der Waals surface area contributed by atoms with E-state index in [4.69, 9.17) is 9.47 Å². The molecule has 0 bridgehead atoms. The zero-order valence-corrected chi connectivity index (χ0v) is 16.9. The van der Waals surface area contributed by atoms with Crippen molar-refractivity contribution in [1.82, 2.24) is 14.8 Å². The molecule has 30 heavy (non-hydrogen) atoms. The molecule has 0 aliphatic carbocycles. The van der Waals surface area contributed by atoms with Gasteiger partial charge in [0.1, 0.15) is 0 Å². The average molecular weight is 406 g/mol. The summed E-state index contributed by atoms with van der Waals surface area (Å²) in [6.45, 7) is 5.23. The molecule has 0 aromatic heterocycles. The van der Waals surface area contributed by atoms with Crippen molar-refractivity contribution in [3.05, 3.63) is 59.7 Å². The Hall–Kier alpha value is -2.90. The standard InChI is InChI=1S/C23H26N4O3/c28-23(27-20(8-9-24-27)19-4-2-1-3-5-19)16-26-12-10-25(11-13-26)15-18-6-7-21-22(14-18)30-17-29-21/h1-7,9,14,20H,8,10-13,15-17H2. The molecule has 5 rings (SSSR count). The molecule has 1 saturated heterocycles. The van der Waals surface area contributed by atoms with Gasteiger partial charge in [-0.15, -0.1) is 0 Å². The number of benzene rings is 2. The van der Waals surface area contributed by atoms with Crippen molar-refractivity contribution in [3.8, 4) is 11.5 Å². The Morgan fingerprint density at radius 3 is 2.57 bits per heavy atom. The summed E-state index contributed by atoms with van der Waals surface area (Å²) in [5.74, 6) is 1.72. The summed E-state index contributed by atoms with van der Waals surface area (Å²) in [4.78, 5) is 17.6. The van der Waals surface area contributed by atoms with Gasteiger partial charge in [0.25, 0.3) is 5.91 Å². The number of ether oxygens (including phenoxy) is 2. The third-order valence-corrected chi connectivity index (χ3v) is 5.94. The number of amides is 1. The molecule has 1 unspecified atom stereocenters. The van der Waals surface area contributed by atoms with E-state index >= 15 is 0 Å². The lowest BCUT2D eigenvalue weighted by Gasteiger charge is -2.35. The Balaban J connectivity index is 1.13. The highest BCUT2D eigenvalue weighted by molar-refractivity contribution is 5.81. The van der Waals surface area contributed by atoms with Gasteiger partial charge in [0, 0.05) is 45.4 Å². The van der Waals surface area contributed by atoms with Gasteiger partial charge >= 0.3 is 0 Å².